The van der Waals surface area contributed by atoms with E-state index in [0.717, 1.165) is 5.56 Å². The quantitative estimate of drug-likeness (QED) is 0.441. The second kappa shape index (κ2) is 8.50. The Labute approximate surface area is 113 Å². The molecule has 0 saturated heterocycles. The molecule has 106 valence electrons. The highest BCUT2D eigenvalue weighted by Crippen LogP contribution is 2.13. The highest BCUT2D eigenvalue weighted by Gasteiger charge is 2.08. The Hall–Kier alpha value is -1.59. The van der Waals surface area contributed by atoms with Crippen molar-refractivity contribution < 1.29 is 19.0 Å². The zero-order chi connectivity index (χ0) is 14.1. The number of nitrogen functional groups attached to an aromatic ring is 1. The van der Waals surface area contributed by atoms with Gasteiger partial charge in [0.1, 0.15) is 6.61 Å². The standard InChI is InChI=1S/C14H21NO4/c1-3-17-6-7-18-8-9-19-14(16)12-5-4-11(2)13(15)10-12/h4-5,10H,3,6-9,15H2,1-2H3. The third kappa shape index (κ3) is 5.72. The van der Waals surface area contributed by atoms with Gasteiger partial charge in [-0.3, -0.25) is 0 Å². The van der Waals surface area contributed by atoms with Gasteiger partial charge in [-0.05, 0) is 31.5 Å². The SMILES string of the molecule is CCOCCOCCOC(=O)c1ccc(C)c(N)c1. The summed E-state index contributed by atoms with van der Waals surface area (Å²) in [5.41, 5.74) is 7.72. The minimum absolute atomic E-state index is 0.221. The van der Waals surface area contributed by atoms with E-state index in [0.29, 0.717) is 37.7 Å². The lowest BCUT2D eigenvalue weighted by Gasteiger charge is -2.07. The molecule has 0 aromatic heterocycles. The summed E-state index contributed by atoms with van der Waals surface area (Å²) < 4.78 is 15.4. The number of hydrogen-bond acceptors (Lipinski definition) is 5. The van der Waals surface area contributed by atoms with E-state index in [-0.39, 0.29) is 12.6 Å². The van der Waals surface area contributed by atoms with E-state index in [4.69, 9.17) is 19.9 Å². The van der Waals surface area contributed by atoms with Crippen LogP contribution in [0, 0.1) is 6.92 Å². The number of benzene rings is 1. The van der Waals surface area contributed by atoms with E-state index in [1.54, 1.807) is 18.2 Å². The van der Waals surface area contributed by atoms with E-state index in [1.165, 1.54) is 0 Å². The van der Waals surface area contributed by atoms with Gasteiger partial charge in [-0.25, -0.2) is 4.79 Å². The van der Waals surface area contributed by atoms with Crippen LogP contribution in [0.5, 0.6) is 0 Å². The summed E-state index contributed by atoms with van der Waals surface area (Å²) in [5, 5.41) is 0. The first-order valence-corrected chi connectivity index (χ1v) is 6.34. The monoisotopic (exact) mass is 267 g/mol. The first kappa shape index (κ1) is 15.5. The molecule has 0 aliphatic rings. The van der Waals surface area contributed by atoms with Crippen molar-refractivity contribution in [2.45, 2.75) is 13.8 Å². The number of aryl methyl sites for hydroxylation is 1. The maximum absolute atomic E-state index is 11.7. The molecule has 0 unspecified atom stereocenters. The van der Waals surface area contributed by atoms with Gasteiger partial charge in [-0.1, -0.05) is 6.07 Å². The molecule has 0 fully saturated rings. The van der Waals surface area contributed by atoms with Crippen molar-refractivity contribution >= 4 is 11.7 Å². The lowest BCUT2D eigenvalue weighted by atomic mass is 10.1. The maximum Gasteiger partial charge on any atom is 0.338 e. The van der Waals surface area contributed by atoms with E-state index in [2.05, 4.69) is 0 Å². The average molecular weight is 267 g/mol. The summed E-state index contributed by atoms with van der Waals surface area (Å²) in [7, 11) is 0. The average Bonchev–Trinajstić information content (AvgIpc) is 2.40. The predicted octanol–water partition coefficient (Wildman–Crippen LogP) is 1.79. The third-order valence-electron chi connectivity index (χ3n) is 2.55. The van der Waals surface area contributed by atoms with Crippen molar-refractivity contribution in [2.24, 2.45) is 0 Å². The van der Waals surface area contributed by atoms with Crippen molar-refractivity contribution in [1.29, 1.82) is 0 Å². The Morgan fingerprint density at radius 1 is 1.16 bits per heavy atom. The normalized spacial score (nSPS) is 10.4. The number of ether oxygens (including phenoxy) is 3. The highest BCUT2D eigenvalue weighted by atomic mass is 16.6. The molecule has 0 aliphatic heterocycles. The van der Waals surface area contributed by atoms with Crippen LogP contribution in [0.25, 0.3) is 0 Å². The Balaban J connectivity index is 2.22. The molecule has 2 N–H and O–H groups in total. The Bertz CT molecular complexity index is 406. The number of hydrogen-bond donors (Lipinski definition) is 1. The molecule has 5 heteroatoms. The fourth-order valence-electron chi connectivity index (χ4n) is 1.41. The van der Waals surface area contributed by atoms with Crippen LogP contribution < -0.4 is 5.73 Å². The number of carbonyl (C=O) groups is 1. The minimum atomic E-state index is -0.389. The molecule has 0 heterocycles. The smallest absolute Gasteiger partial charge is 0.338 e. The number of esters is 1. The molecule has 0 amide bonds. The molecule has 19 heavy (non-hydrogen) atoms. The van der Waals surface area contributed by atoms with Crippen LogP contribution in [0.4, 0.5) is 5.69 Å². The third-order valence-corrected chi connectivity index (χ3v) is 2.55. The van der Waals surface area contributed by atoms with E-state index in [9.17, 15) is 4.79 Å². The van der Waals surface area contributed by atoms with Gasteiger partial charge in [0.15, 0.2) is 0 Å². The molecular formula is C14H21NO4. The van der Waals surface area contributed by atoms with Crippen molar-refractivity contribution in [1.82, 2.24) is 0 Å². The van der Waals surface area contributed by atoms with Gasteiger partial charge in [-0.2, -0.15) is 0 Å². The predicted molar refractivity (Wildman–Crippen MR) is 73.2 cm³/mol. The number of rotatable bonds is 8. The highest BCUT2D eigenvalue weighted by molar-refractivity contribution is 5.90. The van der Waals surface area contributed by atoms with Crippen LogP contribution in [-0.4, -0.2) is 39.0 Å². The number of anilines is 1. The Morgan fingerprint density at radius 3 is 2.53 bits per heavy atom. The lowest BCUT2D eigenvalue weighted by Crippen LogP contribution is -2.13. The van der Waals surface area contributed by atoms with Crippen LogP contribution in [0.1, 0.15) is 22.8 Å². The van der Waals surface area contributed by atoms with Gasteiger partial charge in [0.05, 0.1) is 25.4 Å². The van der Waals surface area contributed by atoms with E-state index >= 15 is 0 Å². The van der Waals surface area contributed by atoms with E-state index < -0.39 is 0 Å². The van der Waals surface area contributed by atoms with Crippen LogP contribution in [0.3, 0.4) is 0 Å². The molecule has 1 rings (SSSR count). The largest absolute Gasteiger partial charge is 0.460 e. The molecular weight excluding hydrogens is 246 g/mol. The molecule has 0 aliphatic carbocycles. The van der Waals surface area contributed by atoms with Gasteiger partial charge >= 0.3 is 5.97 Å². The molecule has 0 atom stereocenters. The zero-order valence-electron chi connectivity index (χ0n) is 11.5. The topological polar surface area (TPSA) is 70.8 Å². The number of nitrogens with two attached hydrogens (primary N) is 1. The van der Waals surface area contributed by atoms with E-state index in [1.807, 2.05) is 13.8 Å². The fraction of sp³-hybridized carbons (Fsp3) is 0.500. The fourth-order valence-corrected chi connectivity index (χ4v) is 1.41. The molecule has 0 bridgehead atoms. The molecule has 1 aromatic carbocycles. The first-order valence-electron chi connectivity index (χ1n) is 6.34. The second-order valence-corrected chi connectivity index (χ2v) is 4.02. The summed E-state index contributed by atoms with van der Waals surface area (Å²) in [6.07, 6.45) is 0. The van der Waals surface area contributed by atoms with Crippen molar-refractivity contribution in [3.05, 3.63) is 29.3 Å². The Morgan fingerprint density at radius 2 is 1.84 bits per heavy atom. The van der Waals surface area contributed by atoms with Crippen molar-refractivity contribution in [3.8, 4) is 0 Å². The maximum atomic E-state index is 11.7. The van der Waals surface area contributed by atoms with Crippen LogP contribution in [0.2, 0.25) is 0 Å². The first-order chi connectivity index (χ1) is 9.15. The Kier molecular flexibility index (Phi) is 6.92. The lowest BCUT2D eigenvalue weighted by molar-refractivity contribution is 0.0164. The summed E-state index contributed by atoms with van der Waals surface area (Å²) in [5.74, 6) is -0.389. The minimum Gasteiger partial charge on any atom is -0.460 e. The van der Waals surface area contributed by atoms with Crippen molar-refractivity contribution in [3.63, 3.8) is 0 Å². The molecule has 5 nitrogen and oxygen atoms in total. The van der Waals surface area contributed by atoms with Crippen LogP contribution in [-0.2, 0) is 14.2 Å². The molecule has 0 radical (unpaired) electrons. The van der Waals surface area contributed by atoms with Crippen LogP contribution >= 0.6 is 0 Å². The van der Waals surface area contributed by atoms with Crippen molar-refractivity contribution in [2.75, 3.05) is 38.8 Å². The van der Waals surface area contributed by atoms with Gasteiger partial charge in [0.2, 0.25) is 0 Å². The molecule has 1 aromatic rings. The molecule has 0 spiro atoms. The van der Waals surface area contributed by atoms with Gasteiger partial charge < -0.3 is 19.9 Å². The second-order valence-electron chi connectivity index (χ2n) is 4.02. The van der Waals surface area contributed by atoms with Crippen LogP contribution in [0.15, 0.2) is 18.2 Å². The molecule has 0 saturated carbocycles. The summed E-state index contributed by atoms with van der Waals surface area (Å²) >= 11 is 0. The van der Waals surface area contributed by atoms with Gasteiger partial charge in [0.25, 0.3) is 0 Å². The van der Waals surface area contributed by atoms with Gasteiger partial charge in [0, 0.05) is 12.3 Å². The summed E-state index contributed by atoms with van der Waals surface area (Å²) in [6.45, 7) is 6.12. The summed E-state index contributed by atoms with van der Waals surface area (Å²) in [6, 6.07) is 5.11. The zero-order valence-corrected chi connectivity index (χ0v) is 11.5. The summed E-state index contributed by atoms with van der Waals surface area (Å²) in [4.78, 5) is 11.7. The van der Waals surface area contributed by atoms with Gasteiger partial charge in [-0.15, -0.1) is 0 Å². The number of carbonyl (C=O) groups excluding carboxylic acids is 1.